The SMILES string of the molecule is COCc1cc([C@@H]2CC(=O)NCc3nc(N(C)C)sc32)ccc1OC. The van der Waals surface area contributed by atoms with Gasteiger partial charge in [0.1, 0.15) is 5.75 Å². The number of anilines is 1. The average Bonchev–Trinajstić information content (AvgIpc) is 2.96. The summed E-state index contributed by atoms with van der Waals surface area (Å²) in [6.45, 7) is 0.949. The molecule has 0 saturated carbocycles. The van der Waals surface area contributed by atoms with E-state index in [0.29, 0.717) is 19.6 Å². The summed E-state index contributed by atoms with van der Waals surface area (Å²) in [4.78, 5) is 20.0. The second kappa shape index (κ2) is 7.41. The molecule has 1 N–H and O–H groups in total. The van der Waals surface area contributed by atoms with Crippen molar-refractivity contribution in [3.8, 4) is 5.75 Å². The molecule has 7 heteroatoms. The van der Waals surface area contributed by atoms with Gasteiger partial charge in [0.2, 0.25) is 5.91 Å². The number of hydrogen-bond acceptors (Lipinski definition) is 6. The number of rotatable bonds is 5. The highest BCUT2D eigenvalue weighted by Gasteiger charge is 2.28. The van der Waals surface area contributed by atoms with Gasteiger partial charge in [0.15, 0.2) is 5.13 Å². The number of methoxy groups -OCH3 is 2. The van der Waals surface area contributed by atoms with E-state index in [1.165, 1.54) is 0 Å². The maximum absolute atomic E-state index is 12.2. The van der Waals surface area contributed by atoms with Crippen molar-refractivity contribution in [2.24, 2.45) is 0 Å². The molecule has 0 aliphatic carbocycles. The largest absolute Gasteiger partial charge is 0.496 e. The van der Waals surface area contributed by atoms with Gasteiger partial charge in [0, 0.05) is 44.0 Å². The van der Waals surface area contributed by atoms with Gasteiger partial charge in [-0.2, -0.15) is 0 Å². The Morgan fingerprint density at radius 2 is 2.16 bits per heavy atom. The Hall–Kier alpha value is -2.12. The van der Waals surface area contributed by atoms with Crippen LogP contribution in [0.4, 0.5) is 5.13 Å². The molecule has 2 heterocycles. The lowest BCUT2D eigenvalue weighted by Crippen LogP contribution is -2.21. The number of nitrogens with zero attached hydrogens (tertiary/aromatic N) is 2. The van der Waals surface area contributed by atoms with Crippen molar-refractivity contribution in [2.45, 2.75) is 25.5 Å². The molecule has 0 spiro atoms. The fraction of sp³-hybridized carbons (Fsp3) is 0.444. The Labute approximate surface area is 151 Å². The number of amides is 1. The third-order valence-electron chi connectivity index (χ3n) is 4.26. The summed E-state index contributed by atoms with van der Waals surface area (Å²) in [5.41, 5.74) is 3.01. The molecule has 134 valence electrons. The molecule has 0 saturated heterocycles. The first-order valence-electron chi connectivity index (χ1n) is 8.12. The van der Waals surface area contributed by atoms with Gasteiger partial charge in [0.05, 0.1) is 26.0 Å². The lowest BCUT2D eigenvalue weighted by molar-refractivity contribution is -0.121. The number of carbonyl (C=O) groups is 1. The maximum Gasteiger partial charge on any atom is 0.221 e. The lowest BCUT2D eigenvalue weighted by atomic mass is 9.92. The minimum Gasteiger partial charge on any atom is -0.496 e. The van der Waals surface area contributed by atoms with Gasteiger partial charge in [-0.15, -0.1) is 11.3 Å². The maximum atomic E-state index is 12.2. The molecule has 1 atom stereocenters. The van der Waals surface area contributed by atoms with Gasteiger partial charge in [0.25, 0.3) is 0 Å². The van der Waals surface area contributed by atoms with Gasteiger partial charge >= 0.3 is 0 Å². The van der Waals surface area contributed by atoms with E-state index in [-0.39, 0.29) is 11.8 Å². The molecule has 0 bridgehead atoms. The minimum atomic E-state index is -0.00906. The van der Waals surface area contributed by atoms with Crippen LogP contribution in [-0.2, 0) is 22.7 Å². The number of nitrogens with one attached hydrogen (secondary N) is 1. The Balaban J connectivity index is 2.05. The second-order valence-electron chi connectivity index (χ2n) is 6.24. The monoisotopic (exact) mass is 361 g/mol. The third kappa shape index (κ3) is 3.62. The van der Waals surface area contributed by atoms with Crippen LogP contribution in [-0.4, -0.2) is 39.2 Å². The van der Waals surface area contributed by atoms with E-state index in [9.17, 15) is 4.79 Å². The van der Waals surface area contributed by atoms with Gasteiger partial charge in [-0.1, -0.05) is 6.07 Å². The normalized spacial score (nSPS) is 16.8. The van der Waals surface area contributed by atoms with Crippen LogP contribution in [0.1, 0.15) is 34.0 Å². The summed E-state index contributed by atoms with van der Waals surface area (Å²) >= 11 is 1.65. The fourth-order valence-corrected chi connectivity index (χ4v) is 4.16. The standard InChI is InChI=1S/C18H23N3O3S/c1-21(2)18-20-14-9-19-16(22)8-13(17(14)25-18)11-5-6-15(24-4)12(7-11)10-23-3/h5-7,13H,8-10H2,1-4H3,(H,19,22)/t13-/m0/s1. The molecule has 2 aromatic rings. The zero-order chi connectivity index (χ0) is 18.0. The summed E-state index contributed by atoms with van der Waals surface area (Å²) in [7, 11) is 7.28. The molecular formula is C18H23N3O3S. The Morgan fingerprint density at radius 3 is 2.84 bits per heavy atom. The molecular weight excluding hydrogens is 338 g/mol. The van der Waals surface area contributed by atoms with E-state index in [0.717, 1.165) is 32.6 Å². The van der Waals surface area contributed by atoms with Gasteiger partial charge < -0.3 is 19.7 Å². The predicted molar refractivity (Wildman–Crippen MR) is 98.5 cm³/mol. The number of aromatic nitrogens is 1. The van der Waals surface area contributed by atoms with Crippen LogP contribution >= 0.6 is 11.3 Å². The van der Waals surface area contributed by atoms with E-state index >= 15 is 0 Å². The summed E-state index contributed by atoms with van der Waals surface area (Å²) in [6, 6.07) is 6.05. The average molecular weight is 361 g/mol. The van der Waals surface area contributed by atoms with Crippen LogP contribution in [0.2, 0.25) is 0 Å². The van der Waals surface area contributed by atoms with Crippen LogP contribution in [0.3, 0.4) is 0 Å². The number of ether oxygens (including phenoxy) is 2. The van der Waals surface area contributed by atoms with Crippen LogP contribution in [0.15, 0.2) is 18.2 Å². The number of thiazole rings is 1. The zero-order valence-corrected chi connectivity index (χ0v) is 15.8. The minimum absolute atomic E-state index is 0.00906. The van der Waals surface area contributed by atoms with Crippen molar-refractivity contribution in [3.05, 3.63) is 39.9 Å². The van der Waals surface area contributed by atoms with Crippen molar-refractivity contribution >= 4 is 22.4 Å². The van der Waals surface area contributed by atoms with E-state index in [1.54, 1.807) is 25.6 Å². The van der Waals surface area contributed by atoms with Crippen molar-refractivity contribution in [3.63, 3.8) is 0 Å². The van der Waals surface area contributed by atoms with E-state index in [1.807, 2.05) is 31.1 Å². The summed E-state index contributed by atoms with van der Waals surface area (Å²) < 4.78 is 10.7. The fourth-order valence-electron chi connectivity index (χ4n) is 3.03. The van der Waals surface area contributed by atoms with Crippen LogP contribution in [0.25, 0.3) is 0 Å². The third-order valence-corrected chi connectivity index (χ3v) is 5.64. The first-order valence-corrected chi connectivity index (χ1v) is 8.94. The molecule has 1 aliphatic rings. The molecule has 3 rings (SSSR count). The van der Waals surface area contributed by atoms with Crippen molar-refractivity contribution < 1.29 is 14.3 Å². The summed E-state index contributed by atoms with van der Waals surface area (Å²) in [6.07, 6.45) is 0.417. The van der Waals surface area contributed by atoms with E-state index in [4.69, 9.17) is 14.5 Å². The molecule has 1 aromatic heterocycles. The number of carbonyl (C=O) groups excluding carboxylic acids is 1. The highest BCUT2D eigenvalue weighted by molar-refractivity contribution is 7.15. The molecule has 1 amide bonds. The molecule has 6 nitrogen and oxygen atoms in total. The lowest BCUT2D eigenvalue weighted by Gasteiger charge is -2.17. The molecule has 0 unspecified atom stereocenters. The number of hydrogen-bond donors (Lipinski definition) is 1. The first-order chi connectivity index (χ1) is 12.0. The van der Waals surface area contributed by atoms with Crippen molar-refractivity contribution in [1.29, 1.82) is 0 Å². The Bertz CT molecular complexity index is 773. The van der Waals surface area contributed by atoms with E-state index < -0.39 is 0 Å². The van der Waals surface area contributed by atoms with E-state index in [2.05, 4.69) is 11.4 Å². The summed E-state index contributed by atoms with van der Waals surface area (Å²) in [5.74, 6) is 0.832. The summed E-state index contributed by atoms with van der Waals surface area (Å²) in [5, 5.41) is 3.91. The zero-order valence-electron chi connectivity index (χ0n) is 15.0. The molecule has 0 radical (unpaired) electrons. The van der Waals surface area contributed by atoms with Gasteiger partial charge in [-0.25, -0.2) is 4.98 Å². The first kappa shape index (κ1) is 17.7. The smallest absolute Gasteiger partial charge is 0.221 e. The van der Waals surface area contributed by atoms with Crippen LogP contribution in [0.5, 0.6) is 5.75 Å². The molecule has 1 aliphatic heterocycles. The van der Waals surface area contributed by atoms with Crippen molar-refractivity contribution in [1.82, 2.24) is 10.3 Å². The second-order valence-corrected chi connectivity index (χ2v) is 7.25. The van der Waals surface area contributed by atoms with Gasteiger partial charge in [-0.3, -0.25) is 4.79 Å². The topological polar surface area (TPSA) is 63.7 Å². The highest BCUT2D eigenvalue weighted by atomic mass is 32.1. The quantitative estimate of drug-likeness (QED) is 0.887. The van der Waals surface area contributed by atoms with Gasteiger partial charge in [-0.05, 0) is 17.7 Å². The molecule has 1 aromatic carbocycles. The molecule has 25 heavy (non-hydrogen) atoms. The predicted octanol–water partition coefficient (Wildman–Crippen LogP) is 2.52. The Morgan fingerprint density at radius 1 is 1.36 bits per heavy atom. The van der Waals surface area contributed by atoms with Crippen LogP contribution in [0, 0.1) is 0 Å². The van der Waals surface area contributed by atoms with Crippen LogP contribution < -0.4 is 15.0 Å². The van der Waals surface area contributed by atoms with Crippen molar-refractivity contribution in [2.75, 3.05) is 33.2 Å². The number of fused-ring (bicyclic) bond motifs is 1. The highest BCUT2D eigenvalue weighted by Crippen LogP contribution is 2.40. The number of benzene rings is 1. The molecule has 0 fully saturated rings. The Kier molecular flexibility index (Phi) is 5.24.